The molecule has 0 saturated carbocycles. The Hall–Kier alpha value is -2.31. The zero-order valence-electron chi connectivity index (χ0n) is 11.1. The highest BCUT2D eigenvalue weighted by atomic mass is 16.4. The summed E-state index contributed by atoms with van der Waals surface area (Å²) in [6, 6.07) is 3.50. The summed E-state index contributed by atoms with van der Waals surface area (Å²) >= 11 is 0. The maximum Gasteiger partial charge on any atom is 0.323 e. The maximum atomic E-state index is 12.0. The van der Waals surface area contributed by atoms with Gasteiger partial charge < -0.3 is 19.3 Å². The molecule has 1 fully saturated rings. The van der Waals surface area contributed by atoms with Gasteiger partial charge >= 0.3 is 5.97 Å². The molecule has 7 heteroatoms. The molecule has 7 nitrogen and oxygen atoms in total. The summed E-state index contributed by atoms with van der Waals surface area (Å²) in [5.41, 5.74) is 0. The third-order valence-corrected chi connectivity index (χ3v) is 3.24. The number of aliphatic carboxylic acids is 1. The van der Waals surface area contributed by atoms with Crippen molar-refractivity contribution in [1.29, 1.82) is 0 Å². The number of nitrogens with zero attached hydrogens (tertiary/aromatic N) is 2. The van der Waals surface area contributed by atoms with Crippen molar-refractivity contribution in [3.8, 4) is 0 Å². The number of likely N-dealkylation sites (N-methyl/N-ethyl adjacent to an activating group) is 1. The predicted molar refractivity (Wildman–Crippen MR) is 67.5 cm³/mol. The largest absolute Gasteiger partial charge is 0.480 e. The number of carboxylic acid groups (broad SMARTS) is 1. The molecule has 0 bridgehead atoms. The summed E-state index contributed by atoms with van der Waals surface area (Å²) in [7, 11) is 1.43. The lowest BCUT2D eigenvalue weighted by atomic mass is 10.1. The van der Waals surface area contributed by atoms with Crippen LogP contribution in [0.15, 0.2) is 22.8 Å². The van der Waals surface area contributed by atoms with Gasteiger partial charge in [-0.1, -0.05) is 0 Å². The van der Waals surface area contributed by atoms with E-state index in [9.17, 15) is 14.4 Å². The predicted octanol–water partition coefficient (Wildman–Crippen LogP) is 0.171. The van der Waals surface area contributed by atoms with Gasteiger partial charge in [-0.05, 0) is 12.1 Å². The van der Waals surface area contributed by atoms with Gasteiger partial charge in [-0.3, -0.25) is 14.4 Å². The summed E-state index contributed by atoms with van der Waals surface area (Å²) in [6.45, 7) is 0.266. The van der Waals surface area contributed by atoms with Gasteiger partial charge in [-0.25, -0.2) is 0 Å². The van der Waals surface area contributed by atoms with Crippen LogP contribution in [-0.2, 0) is 20.9 Å². The molecule has 0 aromatic carbocycles. The Bertz CT molecular complexity index is 511. The summed E-state index contributed by atoms with van der Waals surface area (Å²) in [5, 5.41) is 8.67. The first-order valence-corrected chi connectivity index (χ1v) is 6.24. The van der Waals surface area contributed by atoms with Gasteiger partial charge in [-0.15, -0.1) is 0 Å². The molecule has 1 aromatic rings. The van der Waals surface area contributed by atoms with Gasteiger partial charge in [0.1, 0.15) is 12.3 Å². The van der Waals surface area contributed by atoms with Crippen LogP contribution >= 0.6 is 0 Å². The van der Waals surface area contributed by atoms with E-state index < -0.39 is 11.9 Å². The molecular formula is C13H16N2O5. The Kier molecular flexibility index (Phi) is 4.07. The molecule has 1 atom stereocenters. The number of amides is 2. The van der Waals surface area contributed by atoms with Crippen molar-refractivity contribution in [3.05, 3.63) is 24.2 Å². The quantitative estimate of drug-likeness (QED) is 0.830. The highest BCUT2D eigenvalue weighted by Crippen LogP contribution is 2.21. The summed E-state index contributed by atoms with van der Waals surface area (Å²) in [6.07, 6.45) is 1.64. The third kappa shape index (κ3) is 3.17. The number of likely N-dealkylation sites (tertiary alicyclic amines) is 1. The first-order chi connectivity index (χ1) is 9.47. The van der Waals surface area contributed by atoms with Crippen LogP contribution in [0.25, 0.3) is 0 Å². The van der Waals surface area contributed by atoms with E-state index in [1.165, 1.54) is 13.3 Å². The molecule has 1 N–H and O–H groups in total. The third-order valence-electron chi connectivity index (χ3n) is 3.24. The molecule has 0 aliphatic carbocycles. The van der Waals surface area contributed by atoms with Crippen molar-refractivity contribution >= 4 is 17.8 Å². The minimum Gasteiger partial charge on any atom is -0.480 e. The fourth-order valence-corrected chi connectivity index (χ4v) is 2.27. The molecule has 2 amide bonds. The molecule has 1 aliphatic rings. The fourth-order valence-electron chi connectivity index (χ4n) is 2.27. The number of furan rings is 1. The Balaban J connectivity index is 1.94. The van der Waals surface area contributed by atoms with Gasteiger partial charge in [0, 0.05) is 20.0 Å². The lowest BCUT2D eigenvalue weighted by Gasteiger charge is -2.19. The second-order valence-electron chi connectivity index (χ2n) is 4.84. The van der Waals surface area contributed by atoms with Crippen molar-refractivity contribution in [2.45, 2.75) is 13.0 Å². The minimum atomic E-state index is -1.07. The van der Waals surface area contributed by atoms with E-state index in [4.69, 9.17) is 9.52 Å². The molecule has 0 spiro atoms. The van der Waals surface area contributed by atoms with Gasteiger partial charge in [0.05, 0.1) is 18.7 Å². The van der Waals surface area contributed by atoms with Crippen LogP contribution in [0.3, 0.4) is 0 Å². The SMILES string of the molecule is CN(CC(=O)O)C(=O)C1CC(=O)N(Cc2ccco2)C1. The van der Waals surface area contributed by atoms with Crippen LogP contribution < -0.4 is 0 Å². The molecule has 1 saturated heterocycles. The topological polar surface area (TPSA) is 91.1 Å². The smallest absolute Gasteiger partial charge is 0.323 e. The molecule has 1 aromatic heterocycles. The first-order valence-electron chi connectivity index (χ1n) is 6.24. The number of hydrogen-bond acceptors (Lipinski definition) is 4. The zero-order valence-corrected chi connectivity index (χ0v) is 11.1. The number of rotatable bonds is 5. The van der Waals surface area contributed by atoms with E-state index in [-0.39, 0.29) is 24.8 Å². The summed E-state index contributed by atoms with van der Waals surface area (Å²) < 4.78 is 5.17. The van der Waals surface area contributed by atoms with Crippen LogP contribution in [0.2, 0.25) is 0 Å². The van der Waals surface area contributed by atoms with Gasteiger partial charge in [0.2, 0.25) is 11.8 Å². The van der Waals surface area contributed by atoms with E-state index >= 15 is 0 Å². The van der Waals surface area contributed by atoms with Crippen molar-refractivity contribution in [2.24, 2.45) is 5.92 Å². The fraction of sp³-hybridized carbons (Fsp3) is 0.462. The Labute approximate surface area is 115 Å². The van der Waals surface area contributed by atoms with E-state index in [1.807, 2.05) is 0 Å². The Morgan fingerprint density at radius 2 is 2.30 bits per heavy atom. The average Bonchev–Trinajstić information content (AvgIpc) is 2.99. The van der Waals surface area contributed by atoms with Crippen molar-refractivity contribution in [2.75, 3.05) is 20.1 Å². The van der Waals surface area contributed by atoms with Crippen LogP contribution in [0.4, 0.5) is 0 Å². The lowest BCUT2D eigenvalue weighted by molar-refractivity contribution is -0.145. The van der Waals surface area contributed by atoms with E-state index in [0.717, 1.165) is 4.90 Å². The van der Waals surface area contributed by atoms with E-state index in [2.05, 4.69) is 0 Å². The molecule has 108 valence electrons. The number of hydrogen-bond donors (Lipinski definition) is 1. The van der Waals surface area contributed by atoms with Crippen molar-refractivity contribution in [1.82, 2.24) is 9.80 Å². The first kappa shape index (κ1) is 14.1. The highest BCUT2D eigenvalue weighted by Gasteiger charge is 2.36. The number of carbonyl (C=O) groups excluding carboxylic acids is 2. The minimum absolute atomic E-state index is 0.115. The van der Waals surface area contributed by atoms with E-state index in [0.29, 0.717) is 18.8 Å². The number of carboxylic acids is 1. The zero-order chi connectivity index (χ0) is 14.7. The van der Waals surface area contributed by atoms with Gasteiger partial charge in [-0.2, -0.15) is 0 Å². The Morgan fingerprint density at radius 3 is 2.90 bits per heavy atom. The van der Waals surface area contributed by atoms with E-state index in [1.54, 1.807) is 17.0 Å². The standard InChI is InChI=1S/C13H16N2O5/c1-14(8-12(17)18)13(19)9-5-11(16)15(6-9)7-10-3-2-4-20-10/h2-4,9H,5-8H2,1H3,(H,17,18). The van der Waals surface area contributed by atoms with Crippen LogP contribution in [0.5, 0.6) is 0 Å². The molecule has 1 unspecified atom stereocenters. The summed E-state index contributed by atoms with van der Waals surface area (Å²) in [4.78, 5) is 37.2. The van der Waals surface area contributed by atoms with Crippen LogP contribution in [0, 0.1) is 5.92 Å². The van der Waals surface area contributed by atoms with Crippen LogP contribution in [-0.4, -0.2) is 52.8 Å². The maximum absolute atomic E-state index is 12.0. The lowest BCUT2D eigenvalue weighted by Crippen LogP contribution is -2.37. The Morgan fingerprint density at radius 1 is 1.55 bits per heavy atom. The normalized spacial score (nSPS) is 18.4. The monoisotopic (exact) mass is 280 g/mol. The van der Waals surface area contributed by atoms with Gasteiger partial charge in [0.25, 0.3) is 0 Å². The molecule has 2 rings (SSSR count). The second-order valence-corrected chi connectivity index (χ2v) is 4.84. The van der Waals surface area contributed by atoms with Crippen molar-refractivity contribution in [3.63, 3.8) is 0 Å². The van der Waals surface area contributed by atoms with Crippen molar-refractivity contribution < 1.29 is 23.9 Å². The molecule has 20 heavy (non-hydrogen) atoms. The molecule has 2 heterocycles. The second kappa shape index (κ2) is 5.77. The molecule has 1 aliphatic heterocycles. The number of carbonyl (C=O) groups is 3. The van der Waals surface area contributed by atoms with Crippen LogP contribution in [0.1, 0.15) is 12.2 Å². The highest BCUT2D eigenvalue weighted by molar-refractivity contribution is 5.90. The molecular weight excluding hydrogens is 264 g/mol. The average molecular weight is 280 g/mol. The molecule has 0 radical (unpaired) electrons. The summed E-state index contributed by atoms with van der Waals surface area (Å²) in [5.74, 6) is -1.34. The van der Waals surface area contributed by atoms with Gasteiger partial charge in [0.15, 0.2) is 0 Å².